The fourth-order valence-electron chi connectivity index (χ4n) is 20.1. The van der Waals surface area contributed by atoms with Crippen LogP contribution in [0.25, 0.3) is 0 Å². The van der Waals surface area contributed by atoms with Gasteiger partial charge in [0.15, 0.2) is 49.8 Å². The molecule has 1 spiro atoms. The standard InChI is InChI=1S/C67H110O37/c1-22-7-10-67(91-19-22)23(2)38-31(104-67)12-27-25-6-5-24-11-30(28(73)13-66(24,4)26(25)8-9-65(27,38)3)92-60-50(86)46(82)53(36(18-72)97-60)99-64-57(103-61-49(85)45(81)40(76)32(14-68)94-61)56(43(79)35(17-71)96-64)102-62-51(87)54(42(78)34(16-70)95-62)101-63-52(88)55(100-59-47(83)39(75)29(74)20-89-59)44(80)37(98-63)21-90-58-48(84)41(77)33(15-69)93-58/h22-64,68-88H,5-21H2,1-4H3. The van der Waals surface area contributed by atoms with E-state index in [1.54, 1.807) is 0 Å². The second kappa shape index (κ2) is 32.2. The minimum atomic E-state index is -2.39. The predicted molar refractivity (Wildman–Crippen MR) is 336 cm³/mol. The Morgan fingerprint density at radius 1 is 0.385 bits per heavy atom. The van der Waals surface area contributed by atoms with E-state index in [-0.39, 0.29) is 28.8 Å². The van der Waals surface area contributed by atoms with Crippen LogP contribution < -0.4 is 0 Å². The van der Waals surface area contributed by atoms with Crippen molar-refractivity contribution in [3.05, 3.63) is 0 Å². The van der Waals surface area contributed by atoms with Gasteiger partial charge in [-0.2, -0.15) is 0 Å². The van der Waals surface area contributed by atoms with Crippen LogP contribution in [0.4, 0.5) is 0 Å². The normalized spacial score (nSPS) is 57.0. The van der Waals surface area contributed by atoms with Gasteiger partial charge >= 0.3 is 0 Å². The molecule has 0 amide bonds. The molecule has 46 atom stereocenters. The quantitative estimate of drug-likeness (QED) is 0.0503. The van der Waals surface area contributed by atoms with E-state index in [1.165, 1.54) is 0 Å². The molecule has 104 heavy (non-hydrogen) atoms. The Kier molecular flexibility index (Phi) is 24.9. The number of aliphatic hydroxyl groups excluding tert-OH is 21. The maximum absolute atomic E-state index is 12.3. The fourth-order valence-corrected chi connectivity index (χ4v) is 20.1. The first kappa shape index (κ1) is 80.6. The Balaban J connectivity index is 0.718. The van der Waals surface area contributed by atoms with Crippen molar-refractivity contribution < 1.29 is 183 Å². The summed E-state index contributed by atoms with van der Waals surface area (Å²) in [6.45, 7) is 3.58. The van der Waals surface area contributed by atoms with Crippen LogP contribution >= 0.6 is 0 Å². The smallest absolute Gasteiger partial charge is 0.187 e. The highest BCUT2D eigenvalue weighted by molar-refractivity contribution is 5.16. The number of hydrogen-bond donors (Lipinski definition) is 21. The first-order valence-electron chi connectivity index (χ1n) is 36.8. The third-order valence-electron chi connectivity index (χ3n) is 26.0. The molecule has 0 radical (unpaired) electrons. The minimum absolute atomic E-state index is 0.0632. The van der Waals surface area contributed by atoms with Crippen LogP contribution in [-0.4, -0.2) is 387 Å². The highest BCUT2D eigenvalue weighted by atomic mass is 16.8. The highest BCUT2D eigenvalue weighted by Gasteiger charge is 2.70. The maximum Gasteiger partial charge on any atom is 0.187 e. The van der Waals surface area contributed by atoms with Gasteiger partial charge in [0.2, 0.25) is 0 Å². The van der Waals surface area contributed by atoms with Gasteiger partial charge in [0, 0.05) is 12.3 Å². The molecule has 0 bridgehead atoms. The van der Waals surface area contributed by atoms with Crippen LogP contribution in [0.1, 0.15) is 85.5 Å². The SMILES string of the molecule is CC1CCC2(OC1)OC1CC3C4CCC5CC(OC6OC(CO)C(OC7OC(CO)C(O)C(OC8OC(CO)C(O)C(OC9OC(COC%10OC(CO)C(O)C%10O)C(O)C(OC%10OCC(O)C(O)C%10O)C9O)C8O)C7OC7OC(CO)C(O)C(O)C7O)C(O)C6O)C(O)CC5(C)C4CCC3(C)C1C2C. The maximum atomic E-state index is 12.3. The Hall–Kier alpha value is -1.48. The zero-order chi connectivity index (χ0) is 74.7. The van der Waals surface area contributed by atoms with Crippen LogP contribution in [0.15, 0.2) is 0 Å². The van der Waals surface area contributed by atoms with Crippen LogP contribution in [0.3, 0.4) is 0 Å². The molecule has 4 saturated carbocycles. The average molecular weight is 1510 g/mol. The van der Waals surface area contributed by atoms with Crippen LogP contribution in [0.5, 0.6) is 0 Å². The third kappa shape index (κ3) is 14.6. The van der Waals surface area contributed by atoms with Gasteiger partial charge in [-0.05, 0) is 97.7 Å². The molecule has 9 aliphatic heterocycles. The summed E-state index contributed by atoms with van der Waals surface area (Å²) in [6.07, 6.45) is -59.4. The molecule has 9 heterocycles. The van der Waals surface area contributed by atoms with E-state index in [4.69, 9.17) is 75.8 Å². The van der Waals surface area contributed by atoms with Gasteiger partial charge in [-0.15, -0.1) is 0 Å². The zero-order valence-corrected chi connectivity index (χ0v) is 58.3. The van der Waals surface area contributed by atoms with Crippen molar-refractivity contribution in [2.45, 2.75) is 312 Å². The molecule has 0 aromatic rings. The minimum Gasteiger partial charge on any atom is -0.394 e. The molecule has 21 N–H and O–H groups in total. The van der Waals surface area contributed by atoms with Crippen LogP contribution in [0.2, 0.25) is 0 Å². The second-order valence-electron chi connectivity index (χ2n) is 32.0. The van der Waals surface area contributed by atoms with Crippen molar-refractivity contribution in [2.24, 2.45) is 52.3 Å². The Morgan fingerprint density at radius 3 is 1.52 bits per heavy atom. The lowest BCUT2D eigenvalue weighted by Crippen LogP contribution is -2.69. The van der Waals surface area contributed by atoms with E-state index in [9.17, 15) is 107 Å². The fraction of sp³-hybridized carbons (Fsp3) is 1.00. The Bertz CT molecular complexity index is 2780. The first-order valence-corrected chi connectivity index (χ1v) is 36.8. The summed E-state index contributed by atoms with van der Waals surface area (Å²) in [4.78, 5) is 0. The molecule has 46 unspecified atom stereocenters. The van der Waals surface area contributed by atoms with Crippen molar-refractivity contribution in [3.63, 3.8) is 0 Å². The summed E-state index contributed by atoms with van der Waals surface area (Å²) in [5.41, 5.74) is -0.215. The summed E-state index contributed by atoms with van der Waals surface area (Å²) < 4.78 is 96.7. The van der Waals surface area contributed by atoms with Gasteiger partial charge in [0.1, 0.15) is 159 Å². The van der Waals surface area contributed by atoms with E-state index >= 15 is 0 Å². The highest BCUT2D eigenvalue weighted by Crippen LogP contribution is 2.71. The lowest BCUT2D eigenvalue weighted by atomic mass is 9.44. The van der Waals surface area contributed by atoms with Crippen molar-refractivity contribution in [3.8, 4) is 0 Å². The van der Waals surface area contributed by atoms with Gasteiger partial charge in [-0.25, -0.2) is 0 Å². The first-order chi connectivity index (χ1) is 49.4. The molecular weight excluding hydrogens is 1400 g/mol. The second-order valence-corrected chi connectivity index (χ2v) is 32.0. The van der Waals surface area contributed by atoms with E-state index in [0.29, 0.717) is 49.0 Å². The molecule has 13 rings (SSSR count). The van der Waals surface area contributed by atoms with E-state index in [0.717, 1.165) is 44.9 Å². The number of hydrogen-bond acceptors (Lipinski definition) is 37. The average Bonchev–Trinajstić information content (AvgIpc) is 1.50. The number of fused-ring (bicyclic) bond motifs is 7. The molecule has 0 aromatic heterocycles. The van der Waals surface area contributed by atoms with E-state index < -0.39 is 267 Å². The number of ether oxygens (including phenoxy) is 16. The van der Waals surface area contributed by atoms with Crippen molar-refractivity contribution in [2.75, 3.05) is 52.9 Å². The van der Waals surface area contributed by atoms with Crippen molar-refractivity contribution >= 4 is 0 Å². The van der Waals surface area contributed by atoms with Gasteiger partial charge in [0.25, 0.3) is 0 Å². The van der Waals surface area contributed by atoms with Gasteiger partial charge in [0.05, 0.1) is 71.2 Å². The molecule has 4 aliphatic carbocycles. The molecule has 0 aromatic carbocycles. The largest absolute Gasteiger partial charge is 0.394 e. The number of rotatable bonds is 20. The number of aliphatic hydroxyl groups is 21. The van der Waals surface area contributed by atoms with Crippen molar-refractivity contribution in [1.29, 1.82) is 0 Å². The molecule has 9 saturated heterocycles. The lowest BCUT2D eigenvalue weighted by Gasteiger charge is -2.62. The Labute approximate surface area is 598 Å². The third-order valence-corrected chi connectivity index (χ3v) is 26.0. The summed E-state index contributed by atoms with van der Waals surface area (Å²) >= 11 is 0. The van der Waals surface area contributed by atoms with Gasteiger partial charge in [-0.3, -0.25) is 0 Å². The summed E-state index contributed by atoms with van der Waals surface area (Å²) in [7, 11) is 0. The molecule has 37 heteroatoms. The zero-order valence-electron chi connectivity index (χ0n) is 58.3. The molecule has 13 fully saturated rings. The summed E-state index contributed by atoms with van der Waals surface area (Å²) in [5, 5.41) is 234. The van der Waals surface area contributed by atoms with Crippen molar-refractivity contribution in [1.82, 2.24) is 0 Å². The van der Waals surface area contributed by atoms with Gasteiger partial charge < -0.3 is 183 Å². The van der Waals surface area contributed by atoms with E-state index in [2.05, 4.69) is 27.7 Å². The lowest BCUT2D eigenvalue weighted by molar-refractivity contribution is -0.412. The summed E-state index contributed by atoms with van der Waals surface area (Å²) in [5.74, 6) is 1.81. The monoisotopic (exact) mass is 1510 g/mol. The van der Waals surface area contributed by atoms with Gasteiger partial charge in [-0.1, -0.05) is 27.7 Å². The van der Waals surface area contributed by atoms with Crippen LogP contribution in [0, 0.1) is 52.3 Å². The van der Waals surface area contributed by atoms with E-state index in [1.807, 2.05) is 0 Å². The topological polar surface area (TPSA) is 573 Å². The molecular formula is C67H110O37. The summed E-state index contributed by atoms with van der Waals surface area (Å²) in [6, 6.07) is 0. The van der Waals surface area contributed by atoms with Crippen LogP contribution in [-0.2, 0) is 75.8 Å². The predicted octanol–water partition coefficient (Wildman–Crippen LogP) is -9.19. The molecule has 13 aliphatic rings. The molecule has 600 valence electrons. The Morgan fingerprint density at radius 2 is 0.885 bits per heavy atom. The molecule has 37 nitrogen and oxygen atoms in total.